The fourth-order valence-electron chi connectivity index (χ4n) is 8.82. The Hall–Kier alpha value is -1.94. The highest BCUT2D eigenvalue weighted by Gasteiger charge is 2.30. The molecule has 0 saturated heterocycles. The summed E-state index contributed by atoms with van der Waals surface area (Å²) in [5.41, 5.74) is 0. The van der Waals surface area contributed by atoms with Gasteiger partial charge in [-0.1, -0.05) is 241 Å². The number of hydrogen-bond acceptors (Lipinski definition) is 15. The molecule has 17 nitrogen and oxygen atoms in total. The first kappa shape index (κ1) is 77.1. The van der Waals surface area contributed by atoms with Gasteiger partial charge in [-0.15, -0.1) is 0 Å². The highest BCUT2D eigenvalue weighted by atomic mass is 31.2. The van der Waals surface area contributed by atoms with Gasteiger partial charge in [0.05, 0.1) is 26.4 Å². The molecular weight excluding hydrogens is 1050 g/mol. The molecular formula is C60H116O17P2. The van der Waals surface area contributed by atoms with E-state index in [-0.39, 0.29) is 25.7 Å². The first-order chi connectivity index (χ1) is 37.9. The minimum absolute atomic E-state index is 0.104. The van der Waals surface area contributed by atoms with Crippen molar-refractivity contribution < 1.29 is 80.2 Å². The second-order valence-electron chi connectivity index (χ2n) is 22.7. The molecule has 0 heterocycles. The molecule has 0 fully saturated rings. The van der Waals surface area contributed by atoms with Crippen molar-refractivity contribution in [2.75, 3.05) is 39.6 Å². The van der Waals surface area contributed by atoms with Gasteiger partial charge in [-0.05, 0) is 37.5 Å². The van der Waals surface area contributed by atoms with Crippen molar-refractivity contribution >= 4 is 39.5 Å². The third kappa shape index (κ3) is 55.0. The monoisotopic (exact) mass is 1170 g/mol. The molecule has 0 aliphatic carbocycles. The van der Waals surface area contributed by atoms with Crippen LogP contribution in [0, 0.1) is 11.8 Å². The van der Waals surface area contributed by atoms with E-state index >= 15 is 0 Å². The average molecular weight is 1170 g/mol. The molecule has 0 amide bonds. The van der Waals surface area contributed by atoms with E-state index in [2.05, 4.69) is 41.5 Å². The molecule has 3 N–H and O–H groups in total. The van der Waals surface area contributed by atoms with Crippen LogP contribution < -0.4 is 0 Å². The van der Waals surface area contributed by atoms with Gasteiger partial charge in [-0.3, -0.25) is 37.3 Å². The number of ether oxygens (including phenoxy) is 4. The molecule has 0 radical (unpaired) electrons. The highest BCUT2D eigenvalue weighted by Crippen LogP contribution is 2.45. The van der Waals surface area contributed by atoms with Crippen molar-refractivity contribution in [2.45, 2.75) is 310 Å². The standard InChI is InChI=1S/C60H116O17P2/c1-7-9-11-13-14-25-32-38-44-59(64)76-55(48-70-57(62)42-36-28-12-10-8-2)50-74-78(66,67)72-46-54(61)47-73-79(68,69)75-51-56(49-71-58(63)43-37-31-26-22-21-24-30-35-41-53(5)6)77-60(65)45-39-33-27-20-18-16-15-17-19-23-29-34-40-52(3)4/h52-56,61H,7-51H2,1-6H3,(H,66,67)(H,68,69)/t54-,55+,56+/m0/s1. The highest BCUT2D eigenvalue weighted by molar-refractivity contribution is 7.47. The van der Waals surface area contributed by atoms with Crippen LogP contribution in [0.2, 0.25) is 0 Å². The molecule has 0 aliphatic heterocycles. The maximum absolute atomic E-state index is 12.9. The Morgan fingerprint density at radius 1 is 0.342 bits per heavy atom. The Labute approximate surface area is 479 Å². The van der Waals surface area contributed by atoms with Crippen LogP contribution in [0.5, 0.6) is 0 Å². The lowest BCUT2D eigenvalue weighted by molar-refractivity contribution is -0.161. The van der Waals surface area contributed by atoms with Crippen LogP contribution in [0.4, 0.5) is 0 Å². The van der Waals surface area contributed by atoms with E-state index in [0.717, 1.165) is 115 Å². The number of aliphatic hydroxyl groups is 1. The molecule has 0 aromatic rings. The summed E-state index contributed by atoms with van der Waals surface area (Å²) in [4.78, 5) is 71.7. The van der Waals surface area contributed by atoms with Crippen LogP contribution in [0.3, 0.4) is 0 Å². The Kier molecular flexibility index (Phi) is 51.5. The summed E-state index contributed by atoms with van der Waals surface area (Å²) in [5, 5.41) is 10.5. The molecule has 19 heteroatoms. The number of hydrogen-bond donors (Lipinski definition) is 3. The van der Waals surface area contributed by atoms with E-state index in [1.54, 1.807) is 0 Å². The van der Waals surface area contributed by atoms with E-state index in [4.69, 9.17) is 37.0 Å². The summed E-state index contributed by atoms with van der Waals surface area (Å²) < 4.78 is 67.6. The number of carbonyl (C=O) groups excluding carboxylic acids is 4. The second kappa shape index (κ2) is 52.8. The Morgan fingerprint density at radius 2 is 0.582 bits per heavy atom. The van der Waals surface area contributed by atoms with E-state index in [1.807, 2.05) is 0 Å². The predicted octanol–water partition coefficient (Wildman–Crippen LogP) is 16.1. The summed E-state index contributed by atoms with van der Waals surface area (Å²) in [6, 6.07) is 0. The number of rotatable bonds is 59. The molecule has 5 atom stereocenters. The maximum Gasteiger partial charge on any atom is 0.472 e. The average Bonchev–Trinajstić information content (AvgIpc) is 3.40. The third-order valence-electron chi connectivity index (χ3n) is 13.7. The van der Waals surface area contributed by atoms with Gasteiger partial charge in [0.15, 0.2) is 12.2 Å². The van der Waals surface area contributed by atoms with Crippen molar-refractivity contribution in [3.8, 4) is 0 Å². The molecule has 468 valence electrons. The zero-order valence-corrected chi connectivity index (χ0v) is 52.4. The minimum atomic E-state index is -4.94. The van der Waals surface area contributed by atoms with Crippen LogP contribution in [0.15, 0.2) is 0 Å². The van der Waals surface area contributed by atoms with Gasteiger partial charge in [0.2, 0.25) is 0 Å². The maximum atomic E-state index is 12.9. The molecule has 79 heavy (non-hydrogen) atoms. The number of aliphatic hydroxyl groups excluding tert-OH is 1. The summed E-state index contributed by atoms with van der Waals surface area (Å²) in [6.45, 7) is 9.32. The van der Waals surface area contributed by atoms with Gasteiger partial charge in [0, 0.05) is 25.7 Å². The lowest BCUT2D eigenvalue weighted by Gasteiger charge is -2.21. The Balaban J connectivity index is 5.17. The van der Waals surface area contributed by atoms with Gasteiger partial charge in [-0.25, -0.2) is 9.13 Å². The van der Waals surface area contributed by atoms with Crippen LogP contribution in [-0.4, -0.2) is 96.7 Å². The predicted molar refractivity (Wildman–Crippen MR) is 312 cm³/mol. The molecule has 0 saturated carbocycles. The largest absolute Gasteiger partial charge is 0.472 e. The first-order valence-electron chi connectivity index (χ1n) is 31.5. The van der Waals surface area contributed by atoms with Gasteiger partial charge < -0.3 is 33.8 Å². The number of carbonyl (C=O) groups is 4. The zero-order valence-electron chi connectivity index (χ0n) is 50.7. The normalized spacial score (nSPS) is 14.4. The summed E-state index contributed by atoms with van der Waals surface area (Å²) in [6.07, 6.45) is 33.9. The van der Waals surface area contributed by atoms with Crippen molar-refractivity contribution in [3.05, 3.63) is 0 Å². The van der Waals surface area contributed by atoms with Crippen LogP contribution >= 0.6 is 15.6 Å². The third-order valence-corrected chi connectivity index (χ3v) is 15.6. The van der Waals surface area contributed by atoms with Gasteiger partial charge in [0.1, 0.15) is 19.3 Å². The summed E-state index contributed by atoms with van der Waals surface area (Å²) >= 11 is 0. The van der Waals surface area contributed by atoms with Crippen LogP contribution in [0.1, 0.15) is 292 Å². The minimum Gasteiger partial charge on any atom is -0.462 e. The molecule has 0 rings (SSSR count). The van der Waals surface area contributed by atoms with Gasteiger partial charge in [0.25, 0.3) is 0 Å². The number of esters is 4. The van der Waals surface area contributed by atoms with E-state index in [0.29, 0.717) is 25.7 Å². The smallest absolute Gasteiger partial charge is 0.462 e. The van der Waals surface area contributed by atoms with Crippen molar-refractivity contribution in [1.82, 2.24) is 0 Å². The van der Waals surface area contributed by atoms with Crippen LogP contribution in [-0.2, 0) is 65.4 Å². The van der Waals surface area contributed by atoms with E-state index in [1.165, 1.54) is 96.3 Å². The van der Waals surface area contributed by atoms with E-state index < -0.39 is 97.5 Å². The number of unbranched alkanes of at least 4 members (excludes halogenated alkanes) is 29. The fourth-order valence-corrected chi connectivity index (χ4v) is 10.4. The molecule has 2 unspecified atom stereocenters. The number of phosphoric ester groups is 2. The van der Waals surface area contributed by atoms with Crippen molar-refractivity contribution in [3.63, 3.8) is 0 Å². The van der Waals surface area contributed by atoms with Crippen LogP contribution in [0.25, 0.3) is 0 Å². The van der Waals surface area contributed by atoms with Crippen molar-refractivity contribution in [2.24, 2.45) is 11.8 Å². The summed E-state index contributed by atoms with van der Waals surface area (Å²) in [7, 11) is -9.87. The molecule has 0 aromatic heterocycles. The molecule has 0 aliphatic rings. The molecule has 0 bridgehead atoms. The van der Waals surface area contributed by atoms with E-state index in [9.17, 15) is 43.2 Å². The second-order valence-corrected chi connectivity index (χ2v) is 25.6. The lowest BCUT2D eigenvalue weighted by Crippen LogP contribution is -2.30. The van der Waals surface area contributed by atoms with Gasteiger partial charge >= 0.3 is 39.5 Å². The quantitative estimate of drug-likeness (QED) is 0.0222. The SMILES string of the molecule is CCCCCCCCCCC(=O)O[C@H](COC(=O)CCCCCCC)COP(=O)(O)OC[C@H](O)COP(=O)(O)OC[C@@H](COC(=O)CCCCCCCCCCC(C)C)OC(=O)CCCCCCCCCCCCCCC(C)C. The topological polar surface area (TPSA) is 237 Å². The Morgan fingerprint density at radius 3 is 0.861 bits per heavy atom. The van der Waals surface area contributed by atoms with Crippen molar-refractivity contribution in [1.29, 1.82) is 0 Å². The zero-order chi connectivity index (χ0) is 58.7. The molecule has 0 spiro atoms. The lowest BCUT2D eigenvalue weighted by atomic mass is 10.0. The number of phosphoric acid groups is 2. The summed E-state index contributed by atoms with van der Waals surface area (Å²) in [5.74, 6) is -0.650. The molecule has 0 aromatic carbocycles. The van der Waals surface area contributed by atoms with Gasteiger partial charge in [-0.2, -0.15) is 0 Å². The Bertz CT molecular complexity index is 1560. The first-order valence-corrected chi connectivity index (χ1v) is 34.5. The fraction of sp³-hybridized carbons (Fsp3) is 0.933.